The molecule has 0 amide bonds. The summed E-state index contributed by atoms with van der Waals surface area (Å²) >= 11 is 2.95. The number of fused-ring (bicyclic) bond motifs is 1. The maximum absolute atomic E-state index is 5.55. The average molecular weight is 436 g/mol. The van der Waals surface area contributed by atoms with Gasteiger partial charge in [-0.1, -0.05) is 36.4 Å². The van der Waals surface area contributed by atoms with Crippen molar-refractivity contribution < 1.29 is 9.47 Å². The first-order valence-electron chi connectivity index (χ1n) is 9.72. The van der Waals surface area contributed by atoms with Gasteiger partial charge in [0.15, 0.2) is 26.8 Å². The van der Waals surface area contributed by atoms with Crippen molar-refractivity contribution in [1.82, 2.24) is 24.1 Å². The van der Waals surface area contributed by atoms with Crippen molar-refractivity contribution in [3.8, 4) is 22.9 Å². The summed E-state index contributed by atoms with van der Waals surface area (Å²) in [7, 11) is 0. The predicted molar refractivity (Wildman–Crippen MR) is 113 cm³/mol. The topological polar surface area (TPSA) is 75.0 Å². The van der Waals surface area contributed by atoms with Gasteiger partial charge in [-0.3, -0.25) is 4.57 Å². The van der Waals surface area contributed by atoms with Crippen LogP contribution in [0, 0.1) is 0 Å². The lowest BCUT2D eigenvalue weighted by atomic mass is 10.2. The Labute approximate surface area is 181 Å². The first-order chi connectivity index (χ1) is 14.8. The van der Waals surface area contributed by atoms with E-state index in [1.807, 2.05) is 48.5 Å². The number of nitrogens with zero attached hydrogens (tertiary/aromatic N) is 5. The molecule has 0 atom stereocenters. The third kappa shape index (κ3) is 3.44. The lowest BCUT2D eigenvalue weighted by molar-refractivity contribution is 0.174. The summed E-state index contributed by atoms with van der Waals surface area (Å²) in [5.74, 6) is 3.88. The van der Waals surface area contributed by atoms with Crippen LogP contribution in [0.2, 0.25) is 0 Å². The van der Waals surface area contributed by atoms with Gasteiger partial charge in [0.2, 0.25) is 6.79 Å². The zero-order chi connectivity index (χ0) is 19.9. The summed E-state index contributed by atoms with van der Waals surface area (Å²) in [6.07, 6.45) is 2.39. The number of benzene rings is 2. The van der Waals surface area contributed by atoms with Crippen molar-refractivity contribution in [2.75, 3.05) is 6.79 Å². The van der Waals surface area contributed by atoms with Gasteiger partial charge in [0.1, 0.15) is 5.82 Å². The highest BCUT2D eigenvalue weighted by Crippen LogP contribution is 2.41. The summed E-state index contributed by atoms with van der Waals surface area (Å²) in [5, 5.41) is 9.78. The Bertz CT molecular complexity index is 1200. The van der Waals surface area contributed by atoms with E-state index in [0.29, 0.717) is 12.5 Å². The van der Waals surface area contributed by atoms with Crippen LogP contribution >= 0.6 is 23.3 Å². The third-order valence-corrected chi connectivity index (χ3v) is 6.82. The quantitative estimate of drug-likeness (QED) is 0.438. The van der Waals surface area contributed by atoms with Crippen molar-refractivity contribution in [3.63, 3.8) is 0 Å². The molecule has 3 heterocycles. The molecular weight excluding hydrogens is 418 g/mol. The van der Waals surface area contributed by atoms with Crippen molar-refractivity contribution >= 4 is 23.3 Å². The van der Waals surface area contributed by atoms with E-state index >= 15 is 0 Å². The second kappa shape index (κ2) is 7.41. The highest BCUT2D eigenvalue weighted by molar-refractivity contribution is 8.00. The summed E-state index contributed by atoms with van der Waals surface area (Å²) < 4.78 is 18.5. The van der Waals surface area contributed by atoms with Crippen LogP contribution in [0.1, 0.15) is 30.1 Å². The SMILES string of the molecule is c1ccc(-c2nnc(Sc3nc(C4CC4)ns3)n2Cc2ccc3c(c2)OCO3)cc1. The molecule has 150 valence electrons. The Balaban J connectivity index is 1.36. The Hall–Kier alpha value is -2.91. The van der Waals surface area contributed by atoms with Gasteiger partial charge < -0.3 is 9.47 Å². The van der Waals surface area contributed by atoms with Crippen LogP contribution in [-0.4, -0.2) is 30.9 Å². The number of rotatable bonds is 6. The van der Waals surface area contributed by atoms with Crippen molar-refractivity contribution in [2.45, 2.75) is 34.8 Å². The third-order valence-electron chi connectivity index (χ3n) is 5.07. The monoisotopic (exact) mass is 435 g/mol. The first-order valence-corrected chi connectivity index (χ1v) is 11.3. The molecule has 6 rings (SSSR count). The average Bonchev–Trinajstić information content (AvgIpc) is 3.17. The molecule has 0 radical (unpaired) electrons. The van der Waals surface area contributed by atoms with Gasteiger partial charge in [-0.05, 0) is 53.8 Å². The molecule has 9 heteroatoms. The zero-order valence-electron chi connectivity index (χ0n) is 15.9. The molecule has 4 aromatic rings. The minimum atomic E-state index is 0.266. The van der Waals surface area contributed by atoms with Gasteiger partial charge in [0.05, 0.1) is 6.54 Å². The molecule has 2 aromatic carbocycles. The number of ether oxygens (including phenoxy) is 2. The molecule has 0 spiro atoms. The van der Waals surface area contributed by atoms with Gasteiger partial charge in [0.25, 0.3) is 0 Å². The minimum absolute atomic E-state index is 0.266. The maximum Gasteiger partial charge on any atom is 0.231 e. The van der Waals surface area contributed by atoms with Crippen LogP contribution < -0.4 is 9.47 Å². The van der Waals surface area contributed by atoms with Crippen molar-refractivity contribution in [1.29, 1.82) is 0 Å². The molecule has 0 N–H and O–H groups in total. The lowest BCUT2D eigenvalue weighted by Crippen LogP contribution is -2.04. The summed E-state index contributed by atoms with van der Waals surface area (Å²) in [6, 6.07) is 16.1. The minimum Gasteiger partial charge on any atom is -0.454 e. The van der Waals surface area contributed by atoms with E-state index < -0.39 is 0 Å². The molecule has 7 nitrogen and oxygen atoms in total. The van der Waals surface area contributed by atoms with Crippen molar-refractivity contribution in [3.05, 3.63) is 59.9 Å². The van der Waals surface area contributed by atoms with E-state index in [9.17, 15) is 0 Å². The fourth-order valence-corrected chi connectivity index (χ4v) is 5.00. The summed E-state index contributed by atoms with van der Waals surface area (Å²) in [5.41, 5.74) is 2.11. The Morgan fingerprint density at radius 2 is 1.90 bits per heavy atom. The summed E-state index contributed by atoms with van der Waals surface area (Å²) in [6.45, 7) is 0.882. The number of hydrogen-bond acceptors (Lipinski definition) is 8. The Morgan fingerprint density at radius 1 is 1.03 bits per heavy atom. The van der Waals surface area contributed by atoms with Crippen LogP contribution in [0.25, 0.3) is 11.4 Å². The van der Waals surface area contributed by atoms with Gasteiger partial charge in [-0.25, -0.2) is 4.98 Å². The highest BCUT2D eigenvalue weighted by atomic mass is 32.2. The van der Waals surface area contributed by atoms with Crippen LogP contribution in [0.3, 0.4) is 0 Å². The Morgan fingerprint density at radius 3 is 2.77 bits per heavy atom. The smallest absolute Gasteiger partial charge is 0.231 e. The summed E-state index contributed by atoms with van der Waals surface area (Å²) in [4.78, 5) is 4.70. The molecule has 0 saturated heterocycles. The van der Waals surface area contributed by atoms with E-state index in [1.165, 1.54) is 36.1 Å². The standard InChI is InChI=1S/C21H17N5O2S2/c1-2-4-15(5-3-1)19-23-24-20(29-21-22-18(25-30-21)14-7-8-14)26(19)11-13-6-9-16-17(10-13)28-12-27-16/h1-6,9-10,14H,7-8,11-12H2. The van der Waals surface area contributed by atoms with Crippen LogP contribution in [0.5, 0.6) is 11.5 Å². The van der Waals surface area contributed by atoms with E-state index in [4.69, 9.17) is 14.5 Å². The van der Waals surface area contributed by atoms with Gasteiger partial charge >= 0.3 is 0 Å². The second-order valence-corrected chi connectivity index (χ2v) is 9.21. The van der Waals surface area contributed by atoms with Gasteiger partial charge in [-0.2, -0.15) is 4.37 Å². The molecule has 2 aromatic heterocycles. The maximum atomic E-state index is 5.55. The molecule has 1 aliphatic heterocycles. The molecular formula is C21H17N5O2S2. The molecule has 30 heavy (non-hydrogen) atoms. The fourth-order valence-electron chi connectivity index (χ4n) is 3.38. The predicted octanol–water partition coefficient (Wildman–Crippen LogP) is 4.60. The van der Waals surface area contributed by atoms with Crippen LogP contribution in [0.4, 0.5) is 0 Å². The van der Waals surface area contributed by atoms with E-state index in [1.54, 1.807) is 0 Å². The Kier molecular flexibility index (Phi) is 4.42. The molecule has 1 aliphatic carbocycles. The molecule has 1 fully saturated rings. The molecule has 2 aliphatic rings. The van der Waals surface area contributed by atoms with Gasteiger partial charge in [0, 0.05) is 11.5 Å². The largest absolute Gasteiger partial charge is 0.454 e. The number of aromatic nitrogens is 5. The molecule has 0 unspecified atom stereocenters. The fraction of sp³-hybridized carbons (Fsp3) is 0.238. The molecule has 1 saturated carbocycles. The van der Waals surface area contributed by atoms with Gasteiger partial charge in [-0.15, -0.1) is 10.2 Å². The van der Waals surface area contributed by atoms with E-state index in [-0.39, 0.29) is 6.79 Å². The number of hydrogen-bond donors (Lipinski definition) is 0. The van der Waals surface area contributed by atoms with E-state index in [2.05, 4.69) is 19.1 Å². The molecule has 0 bridgehead atoms. The highest BCUT2D eigenvalue weighted by Gasteiger charge is 2.28. The van der Waals surface area contributed by atoms with Crippen molar-refractivity contribution in [2.24, 2.45) is 0 Å². The van der Waals surface area contributed by atoms with Crippen LogP contribution in [-0.2, 0) is 6.54 Å². The normalized spacial score (nSPS) is 14.9. The van der Waals surface area contributed by atoms with Crippen LogP contribution in [0.15, 0.2) is 58.0 Å². The lowest BCUT2D eigenvalue weighted by Gasteiger charge is -2.10. The zero-order valence-corrected chi connectivity index (χ0v) is 17.5. The van der Waals surface area contributed by atoms with E-state index in [0.717, 1.165) is 43.8 Å². The second-order valence-electron chi connectivity index (χ2n) is 7.24. The first kappa shape index (κ1) is 17.9.